The van der Waals surface area contributed by atoms with Crippen molar-refractivity contribution in [3.8, 4) is 0 Å². The van der Waals surface area contributed by atoms with Crippen LogP contribution in [0.15, 0.2) is 0 Å². The third kappa shape index (κ3) is 73.9. The van der Waals surface area contributed by atoms with Gasteiger partial charge in [0.25, 0.3) is 0 Å². The van der Waals surface area contributed by atoms with Crippen LogP contribution in [0.3, 0.4) is 0 Å². The molecule has 0 aliphatic heterocycles. The first kappa shape index (κ1) is 61.0. The van der Waals surface area contributed by atoms with Crippen molar-refractivity contribution < 1.29 is 32.7 Å². The zero-order chi connectivity index (χ0) is 2.00. The molecule has 41 valence electrons. The molecule has 0 aliphatic rings. The summed E-state index contributed by atoms with van der Waals surface area (Å²) >= 11 is 0. The molecule has 0 atom stereocenters. The Bertz CT molecular complexity index is 7.51. The van der Waals surface area contributed by atoms with Crippen molar-refractivity contribution >= 4 is 0 Å². The molecule has 0 aromatic heterocycles. The van der Waals surface area contributed by atoms with E-state index in [1.807, 2.05) is 0 Å². The van der Waals surface area contributed by atoms with Crippen LogP contribution < -0.4 is 5.73 Å². The second-order valence-electron chi connectivity index (χ2n) is 0. The molecule has 0 fully saturated rings. The van der Waals surface area contributed by atoms with E-state index < -0.39 is 0 Å². The largest absolute Gasteiger partial charge is 0.358 e. The van der Waals surface area contributed by atoms with E-state index >= 15 is 0 Å². The first-order valence-electron chi connectivity index (χ1n) is 0.577. The zero-order valence-corrected chi connectivity index (χ0v) is 6.99. The van der Waals surface area contributed by atoms with Crippen molar-refractivity contribution in [3.63, 3.8) is 0 Å². The van der Waals surface area contributed by atoms with E-state index in [1.54, 1.807) is 0 Å². The first-order chi connectivity index (χ1) is 1.00. The molecule has 0 saturated carbocycles. The smallest absolute Gasteiger partial charge is 0 e. The van der Waals surface area contributed by atoms with Crippen molar-refractivity contribution in [1.82, 2.24) is 0 Å². The van der Waals surface area contributed by atoms with Crippen LogP contribution in [0.2, 0.25) is 0 Å². The summed E-state index contributed by atoms with van der Waals surface area (Å²) in [5.74, 6) is 0. The van der Waals surface area contributed by atoms with Gasteiger partial charge in [-0.3, -0.25) is 0 Å². The molecule has 0 aliphatic carbocycles. The Morgan fingerprint density at radius 2 is 1.00 bits per heavy atom. The van der Waals surface area contributed by atoms with Gasteiger partial charge in [-0.2, -0.15) is 0 Å². The molecule has 1 radical (unpaired) electrons. The predicted octanol–water partition coefficient (Wildman–Crippen LogP) is 1.11. The standard InChI is InChI=1S/CH5N.CH4.2CH3.Y/c1-2;;;;/h2H2,1H3;1H4;2*1H3;/q;;2*-1;. The van der Waals surface area contributed by atoms with Gasteiger partial charge in [-0.15, -0.1) is 0 Å². The Morgan fingerprint density at radius 1 is 1.00 bits per heavy atom. The summed E-state index contributed by atoms with van der Waals surface area (Å²) in [6.45, 7) is 0. The van der Waals surface area contributed by atoms with Crippen molar-refractivity contribution in [3.05, 3.63) is 14.9 Å². The molecule has 0 unspecified atom stereocenters. The summed E-state index contributed by atoms with van der Waals surface area (Å²) in [6.07, 6.45) is 0. The summed E-state index contributed by atoms with van der Waals surface area (Å²) in [6, 6.07) is 0. The molecule has 0 aromatic rings. The topological polar surface area (TPSA) is 26.0 Å². The average molecular weight is 166 g/mol. The van der Waals surface area contributed by atoms with Crippen molar-refractivity contribution in [2.75, 3.05) is 7.05 Å². The summed E-state index contributed by atoms with van der Waals surface area (Å²) in [5, 5.41) is 0. The molecule has 0 heterocycles. The maximum atomic E-state index is 4.50. The van der Waals surface area contributed by atoms with Gasteiger partial charge in [0.2, 0.25) is 0 Å². The quantitative estimate of drug-likeness (QED) is 0.536. The van der Waals surface area contributed by atoms with Gasteiger partial charge >= 0.3 is 0 Å². The van der Waals surface area contributed by atoms with Crippen LogP contribution in [0.5, 0.6) is 0 Å². The van der Waals surface area contributed by atoms with Gasteiger partial charge in [0.15, 0.2) is 0 Å². The molecular formula is C4H15NY-2. The normalized spacial score (nSPS) is 1.00. The molecule has 6 heavy (non-hydrogen) atoms. The van der Waals surface area contributed by atoms with Crippen molar-refractivity contribution in [2.45, 2.75) is 7.43 Å². The van der Waals surface area contributed by atoms with E-state index in [4.69, 9.17) is 0 Å². The molecule has 0 bridgehead atoms. The molecule has 1 nitrogen and oxygen atoms in total. The summed E-state index contributed by atoms with van der Waals surface area (Å²) in [4.78, 5) is 0. The van der Waals surface area contributed by atoms with Gasteiger partial charge in [0, 0.05) is 32.7 Å². The SMILES string of the molecule is C.CN.[CH3-].[CH3-].[Y]. The average Bonchev–Trinajstić information content (AvgIpc) is 1.00. The first-order valence-corrected chi connectivity index (χ1v) is 0.577. The molecule has 0 saturated heterocycles. The second-order valence-corrected chi connectivity index (χ2v) is 0. The molecule has 2 heteroatoms. The minimum atomic E-state index is 0. The molecule has 0 aromatic carbocycles. The third-order valence-corrected chi connectivity index (χ3v) is 0. The third-order valence-electron chi connectivity index (χ3n) is 0. The minimum Gasteiger partial charge on any atom is -0.358 e. The van der Waals surface area contributed by atoms with Gasteiger partial charge in [-0.1, -0.05) is 7.43 Å². The summed E-state index contributed by atoms with van der Waals surface area (Å²) in [7, 11) is 1.50. The van der Waals surface area contributed by atoms with Crippen molar-refractivity contribution in [1.29, 1.82) is 0 Å². The minimum absolute atomic E-state index is 0. The number of nitrogens with two attached hydrogens (primary N) is 1. The fourth-order valence-electron chi connectivity index (χ4n) is 0. The monoisotopic (exact) mass is 166 g/mol. The Hall–Kier alpha value is 1.06. The number of rotatable bonds is 0. The van der Waals surface area contributed by atoms with Crippen LogP contribution in [-0.2, 0) is 32.7 Å². The maximum absolute atomic E-state index is 4.50. The van der Waals surface area contributed by atoms with E-state index in [1.165, 1.54) is 7.05 Å². The van der Waals surface area contributed by atoms with E-state index in [0.29, 0.717) is 0 Å². The Labute approximate surface area is 67.6 Å². The fraction of sp³-hybridized carbons (Fsp3) is 0.500. The van der Waals surface area contributed by atoms with E-state index in [-0.39, 0.29) is 55.0 Å². The molecule has 0 rings (SSSR count). The fourth-order valence-corrected chi connectivity index (χ4v) is 0. The second kappa shape index (κ2) is 137. The van der Waals surface area contributed by atoms with Gasteiger partial charge in [0.1, 0.15) is 0 Å². The van der Waals surface area contributed by atoms with Gasteiger partial charge in [-0.05, 0) is 7.05 Å². The summed E-state index contributed by atoms with van der Waals surface area (Å²) in [5.41, 5.74) is 4.50. The van der Waals surface area contributed by atoms with Gasteiger partial charge < -0.3 is 20.6 Å². The van der Waals surface area contributed by atoms with Crippen LogP contribution in [0.4, 0.5) is 0 Å². The number of hydrogen-bond donors (Lipinski definition) is 1. The predicted molar refractivity (Wildman–Crippen MR) is 29.7 cm³/mol. The maximum Gasteiger partial charge on any atom is 0 e. The molecule has 0 spiro atoms. The van der Waals surface area contributed by atoms with Crippen LogP contribution in [0, 0.1) is 14.9 Å². The summed E-state index contributed by atoms with van der Waals surface area (Å²) < 4.78 is 0. The Balaban J connectivity index is -0.000000000833. The van der Waals surface area contributed by atoms with Crippen molar-refractivity contribution in [2.24, 2.45) is 5.73 Å². The van der Waals surface area contributed by atoms with Gasteiger partial charge in [0.05, 0.1) is 0 Å². The van der Waals surface area contributed by atoms with Gasteiger partial charge in [-0.25, -0.2) is 0 Å². The van der Waals surface area contributed by atoms with Crippen LogP contribution in [0.25, 0.3) is 0 Å². The molecular weight excluding hydrogens is 151 g/mol. The Kier molecular flexibility index (Phi) is 1400. The van der Waals surface area contributed by atoms with Crippen LogP contribution in [0.1, 0.15) is 7.43 Å². The van der Waals surface area contributed by atoms with E-state index in [0.717, 1.165) is 0 Å². The number of hydrogen-bond acceptors (Lipinski definition) is 1. The Morgan fingerprint density at radius 3 is 1.00 bits per heavy atom. The molecule has 0 amide bonds. The van der Waals surface area contributed by atoms with E-state index in [2.05, 4.69) is 5.73 Å². The zero-order valence-electron chi connectivity index (χ0n) is 4.15. The van der Waals surface area contributed by atoms with Crippen LogP contribution >= 0.6 is 0 Å². The van der Waals surface area contributed by atoms with Crippen LogP contribution in [-0.4, -0.2) is 7.05 Å². The molecule has 2 N–H and O–H groups in total. The van der Waals surface area contributed by atoms with E-state index in [9.17, 15) is 0 Å².